The number of phenols is 1. The van der Waals surface area contributed by atoms with Gasteiger partial charge in [0.2, 0.25) is 0 Å². The Morgan fingerprint density at radius 3 is 2.57 bits per heavy atom. The number of carbonyl (C=O) groups excluding carboxylic acids is 1. The second-order valence-electron chi connectivity index (χ2n) is 5.60. The van der Waals surface area contributed by atoms with Crippen molar-refractivity contribution in [1.29, 1.82) is 0 Å². The minimum absolute atomic E-state index is 0.106. The third kappa shape index (κ3) is 3.35. The Balaban J connectivity index is 1.83. The van der Waals surface area contributed by atoms with Crippen LogP contribution in [0.4, 0.5) is 11.4 Å². The molecule has 5 heteroatoms. The number of nitrogens with two attached hydrogens (primary N) is 1. The first-order valence-corrected chi connectivity index (χ1v) is 7.42. The zero-order valence-corrected chi connectivity index (χ0v) is 12.5. The van der Waals surface area contributed by atoms with Gasteiger partial charge in [-0.25, -0.2) is 0 Å². The molecule has 0 bridgehead atoms. The number of rotatable bonds is 3. The van der Waals surface area contributed by atoms with Gasteiger partial charge in [-0.3, -0.25) is 4.79 Å². The molecule has 0 aliphatic heterocycles. The van der Waals surface area contributed by atoms with Crippen molar-refractivity contribution in [2.75, 3.05) is 11.1 Å². The average Bonchev–Trinajstić information content (AvgIpc) is 2.96. The van der Waals surface area contributed by atoms with Gasteiger partial charge in [0.1, 0.15) is 5.75 Å². The van der Waals surface area contributed by atoms with Crippen LogP contribution in [0, 0.1) is 0 Å². The molecule has 0 radical (unpaired) electrons. The van der Waals surface area contributed by atoms with Crippen LogP contribution < -0.4 is 11.1 Å². The SMILES string of the molecule is Nc1ccc(C2=CC(O)CC2)cc1NC(=O)c1ccc(O)cc1. The summed E-state index contributed by atoms with van der Waals surface area (Å²) in [6.45, 7) is 0. The van der Waals surface area contributed by atoms with Crippen molar-refractivity contribution in [2.24, 2.45) is 0 Å². The number of phenolic OH excluding ortho intramolecular Hbond substituents is 1. The van der Waals surface area contributed by atoms with Crippen molar-refractivity contribution in [3.05, 3.63) is 59.7 Å². The van der Waals surface area contributed by atoms with E-state index in [0.29, 0.717) is 16.9 Å². The van der Waals surface area contributed by atoms with Gasteiger partial charge in [-0.05, 0) is 60.4 Å². The largest absolute Gasteiger partial charge is 0.508 e. The standard InChI is InChI=1S/C18H18N2O3/c19-16-8-4-13(12-3-7-15(22)9-12)10-17(16)20-18(23)11-1-5-14(21)6-2-11/h1-2,4-6,8-10,15,21-22H,3,7,19H2,(H,20,23). The molecule has 5 N–H and O–H groups in total. The molecule has 1 aliphatic rings. The highest BCUT2D eigenvalue weighted by atomic mass is 16.3. The molecule has 0 saturated heterocycles. The fourth-order valence-electron chi connectivity index (χ4n) is 2.61. The molecule has 2 aromatic carbocycles. The second-order valence-corrected chi connectivity index (χ2v) is 5.60. The van der Waals surface area contributed by atoms with E-state index >= 15 is 0 Å². The first kappa shape index (κ1) is 15.1. The van der Waals surface area contributed by atoms with E-state index in [2.05, 4.69) is 5.32 Å². The van der Waals surface area contributed by atoms with E-state index in [4.69, 9.17) is 5.73 Å². The van der Waals surface area contributed by atoms with Crippen LogP contribution in [0.15, 0.2) is 48.5 Å². The van der Waals surface area contributed by atoms with Crippen LogP contribution in [-0.2, 0) is 0 Å². The van der Waals surface area contributed by atoms with Gasteiger partial charge in [-0.1, -0.05) is 12.1 Å². The van der Waals surface area contributed by atoms with Crippen LogP contribution in [0.2, 0.25) is 0 Å². The third-order valence-corrected chi connectivity index (χ3v) is 3.90. The van der Waals surface area contributed by atoms with Crippen molar-refractivity contribution < 1.29 is 15.0 Å². The summed E-state index contributed by atoms with van der Waals surface area (Å²) in [5, 5.41) is 21.7. The summed E-state index contributed by atoms with van der Waals surface area (Å²) in [6.07, 6.45) is 2.94. The number of aliphatic hydroxyl groups excluding tert-OH is 1. The van der Waals surface area contributed by atoms with Crippen LogP contribution in [0.1, 0.15) is 28.8 Å². The van der Waals surface area contributed by atoms with E-state index in [0.717, 1.165) is 24.0 Å². The van der Waals surface area contributed by atoms with Gasteiger partial charge in [0, 0.05) is 5.56 Å². The Labute approximate surface area is 134 Å². The maximum Gasteiger partial charge on any atom is 0.255 e. The summed E-state index contributed by atoms with van der Waals surface area (Å²) in [5.74, 6) is -0.191. The number of nitrogens with one attached hydrogen (secondary N) is 1. The van der Waals surface area contributed by atoms with Crippen LogP contribution in [0.5, 0.6) is 5.75 Å². The maximum atomic E-state index is 12.3. The molecule has 2 aromatic rings. The number of allylic oxidation sites excluding steroid dienone is 1. The first-order chi connectivity index (χ1) is 11.0. The zero-order valence-electron chi connectivity index (χ0n) is 12.5. The van der Waals surface area contributed by atoms with Crippen molar-refractivity contribution >= 4 is 22.9 Å². The molecule has 23 heavy (non-hydrogen) atoms. The fourth-order valence-corrected chi connectivity index (χ4v) is 2.61. The van der Waals surface area contributed by atoms with Gasteiger partial charge < -0.3 is 21.3 Å². The number of anilines is 2. The van der Waals surface area contributed by atoms with E-state index < -0.39 is 6.10 Å². The van der Waals surface area contributed by atoms with E-state index in [1.54, 1.807) is 18.2 Å². The van der Waals surface area contributed by atoms with Crippen molar-refractivity contribution in [2.45, 2.75) is 18.9 Å². The molecular weight excluding hydrogens is 292 g/mol. The maximum absolute atomic E-state index is 12.3. The number of nitrogen functional groups attached to an aromatic ring is 1. The van der Waals surface area contributed by atoms with Gasteiger partial charge in [0.05, 0.1) is 17.5 Å². The molecule has 118 valence electrons. The third-order valence-electron chi connectivity index (χ3n) is 3.90. The van der Waals surface area contributed by atoms with Gasteiger partial charge in [-0.2, -0.15) is 0 Å². The van der Waals surface area contributed by atoms with E-state index in [-0.39, 0.29) is 11.7 Å². The lowest BCUT2D eigenvalue weighted by molar-refractivity contribution is 0.102. The number of carbonyl (C=O) groups is 1. The molecule has 0 saturated carbocycles. The van der Waals surface area contributed by atoms with Gasteiger partial charge in [0.15, 0.2) is 0 Å². The Bertz CT molecular complexity index is 766. The number of hydrogen-bond donors (Lipinski definition) is 4. The normalized spacial score (nSPS) is 16.9. The molecule has 1 unspecified atom stereocenters. The summed E-state index contributed by atoms with van der Waals surface area (Å²) < 4.78 is 0. The molecule has 1 amide bonds. The summed E-state index contributed by atoms with van der Waals surface area (Å²) in [5.41, 5.74) is 9.37. The number of aromatic hydroxyl groups is 1. The smallest absolute Gasteiger partial charge is 0.255 e. The zero-order chi connectivity index (χ0) is 16.4. The predicted octanol–water partition coefficient (Wildman–Crippen LogP) is 2.76. The number of hydrogen-bond acceptors (Lipinski definition) is 4. The van der Waals surface area contributed by atoms with Crippen molar-refractivity contribution in [1.82, 2.24) is 0 Å². The van der Waals surface area contributed by atoms with Crippen LogP contribution in [-0.4, -0.2) is 22.2 Å². The molecule has 0 fully saturated rings. The first-order valence-electron chi connectivity index (χ1n) is 7.42. The minimum Gasteiger partial charge on any atom is -0.508 e. The Kier molecular flexibility index (Phi) is 4.04. The Hall–Kier alpha value is -2.79. The summed E-state index contributed by atoms with van der Waals surface area (Å²) >= 11 is 0. The predicted molar refractivity (Wildman–Crippen MR) is 90.1 cm³/mol. The molecule has 1 aliphatic carbocycles. The summed E-state index contributed by atoms with van der Waals surface area (Å²) in [4.78, 5) is 12.3. The van der Waals surface area contributed by atoms with Crippen LogP contribution >= 0.6 is 0 Å². The molecule has 0 aromatic heterocycles. The van der Waals surface area contributed by atoms with Crippen molar-refractivity contribution in [3.63, 3.8) is 0 Å². The van der Waals surface area contributed by atoms with Gasteiger partial charge >= 0.3 is 0 Å². The lowest BCUT2D eigenvalue weighted by atomic mass is 10.0. The summed E-state index contributed by atoms with van der Waals surface area (Å²) in [7, 11) is 0. The number of benzene rings is 2. The van der Waals surface area contributed by atoms with Gasteiger partial charge in [0.25, 0.3) is 5.91 Å². The topological polar surface area (TPSA) is 95.6 Å². The Morgan fingerprint density at radius 1 is 1.17 bits per heavy atom. The molecular formula is C18H18N2O3. The van der Waals surface area contributed by atoms with Gasteiger partial charge in [-0.15, -0.1) is 0 Å². The lowest BCUT2D eigenvalue weighted by Gasteiger charge is -2.11. The monoisotopic (exact) mass is 310 g/mol. The van der Waals surface area contributed by atoms with E-state index in [1.165, 1.54) is 12.1 Å². The molecule has 0 spiro atoms. The lowest BCUT2D eigenvalue weighted by Crippen LogP contribution is -2.13. The average molecular weight is 310 g/mol. The van der Waals surface area contributed by atoms with Crippen LogP contribution in [0.25, 0.3) is 5.57 Å². The van der Waals surface area contributed by atoms with Crippen molar-refractivity contribution in [3.8, 4) is 5.75 Å². The molecule has 5 nitrogen and oxygen atoms in total. The molecule has 3 rings (SSSR count). The number of amides is 1. The molecule has 1 atom stereocenters. The number of aliphatic hydroxyl groups is 1. The highest BCUT2D eigenvalue weighted by Gasteiger charge is 2.16. The second kappa shape index (κ2) is 6.14. The minimum atomic E-state index is -0.405. The molecule has 0 heterocycles. The van der Waals surface area contributed by atoms with E-state index in [1.807, 2.05) is 18.2 Å². The Morgan fingerprint density at radius 2 is 1.91 bits per heavy atom. The van der Waals surface area contributed by atoms with E-state index in [9.17, 15) is 15.0 Å². The summed E-state index contributed by atoms with van der Waals surface area (Å²) in [6, 6.07) is 11.4. The quantitative estimate of drug-likeness (QED) is 0.656. The fraction of sp³-hybridized carbons (Fsp3) is 0.167. The highest BCUT2D eigenvalue weighted by molar-refractivity contribution is 6.06. The highest BCUT2D eigenvalue weighted by Crippen LogP contribution is 2.31. The van der Waals surface area contributed by atoms with Crippen LogP contribution in [0.3, 0.4) is 0 Å².